The van der Waals surface area contributed by atoms with Gasteiger partial charge < -0.3 is 0 Å². The Morgan fingerprint density at radius 2 is 1.93 bits per heavy atom. The van der Waals surface area contributed by atoms with Crippen LogP contribution in [0.4, 0.5) is 0 Å². The Hall–Kier alpha value is -0.330. The second-order valence-electron chi connectivity index (χ2n) is 5.10. The molecule has 1 atom stereocenters. The highest BCUT2D eigenvalue weighted by atomic mass is 16.1. The topological polar surface area (TPSA) is 17.1 Å². The Labute approximate surface area is 88.3 Å². The van der Waals surface area contributed by atoms with Crippen LogP contribution in [0.15, 0.2) is 0 Å². The lowest BCUT2D eigenvalue weighted by Gasteiger charge is -2.27. The molecule has 14 heavy (non-hydrogen) atoms. The van der Waals surface area contributed by atoms with E-state index in [2.05, 4.69) is 13.8 Å². The van der Waals surface area contributed by atoms with Gasteiger partial charge in [-0.25, -0.2) is 0 Å². The highest BCUT2D eigenvalue weighted by molar-refractivity contribution is 5.82. The average Bonchev–Trinajstić information content (AvgIpc) is 2.64. The standard InChI is InChI=1S/C13H24O/c1-4-11(2)7-10-13(12(3)14)8-5-6-9-13/h11H,4-10H2,1-3H3. The maximum absolute atomic E-state index is 11.7. The molecule has 1 rings (SSSR count). The van der Waals surface area contributed by atoms with E-state index in [1.54, 1.807) is 6.92 Å². The SMILES string of the molecule is CCC(C)CCC1(C(C)=O)CCCC1. The van der Waals surface area contributed by atoms with Gasteiger partial charge in [-0.3, -0.25) is 4.79 Å². The number of rotatable bonds is 5. The molecule has 1 aliphatic rings. The zero-order valence-electron chi connectivity index (χ0n) is 9.94. The number of carbonyl (C=O) groups excluding carboxylic acids is 1. The van der Waals surface area contributed by atoms with Crippen LogP contribution < -0.4 is 0 Å². The lowest BCUT2D eigenvalue weighted by atomic mass is 9.76. The molecule has 0 aromatic rings. The number of hydrogen-bond acceptors (Lipinski definition) is 1. The molecule has 0 saturated heterocycles. The molecular formula is C13H24O. The van der Waals surface area contributed by atoms with Crippen LogP contribution in [-0.4, -0.2) is 5.78 Å². The first-order valence-corrected chi connectivity index (χ1v) is 6.12. The predicted molar refractivity (Wildman–Crippen MR) is 60.3 cm³/mol. The van der Waals surface area contributed by atoms with Crippen molar-refractivity contribution in [2.45, 2.75) is 65.7 Å². The van der Waals surface area contributed by atoms with Crippen LogP contribution in [0.25, 0.3) is 0 Å². The van der Waals surface area contributed by atoms with Crippen molar-refractivity contribution in [1.82, 2.24) is 0 Å². The van der Waals surface area contributed by atoms with Gasteiger partial charge in [0.25, 0.3) is 0 Å². The Bertz CT molecular complexity index is 189. The van der Waals surface area contributed by atoms with Gasteiger partial charge in [-0.1, -0.05) is 33.1 Å². The van der Waals surface area contributed by atoms with Crippen molar-refractivity contribution < 1.29 is 4.79 Å². The van der Waals surface area contributed by atoms with Crippen LogP contribution in [0.1, 0.15) is 65.7 Å². The van der Waals surface area contributed by atoms with Crippen molar-refractivity contribution in [2.24, 2.45) is 11.3 Å². The van der Waals surface area contributed by atoms with Gasteiger partial charge in [0.2, 0.25) is 0 Å². The summed E-state index contributed by atoms with van der Waals surface area (Å²) in [5.41, 5.74) is 0.0867. The maximum atomic E-state index is 11.7. The van der Waals surface area contributed by atoms with Gasteiger partial charge in [-0.05, 0) is 38.5 Å². The van der Waals surface area contributed by atoms with E-state index in [-0.39, 0.29) is 5.41 Å². The summed E-state index contributed by atoms with van der Waals surface area (Å²) in [4.78, 5) is 11.7. The van der Waals surface area contributed by atoms with E-state index < -0.39 is 0 Å². The van der Waals surface area contributed by atoms with Gasteiger partial charge >= 0.3 is 0 Å². The quantitative estimate of drug-likeness (QED) is 0.650. The molecule has 0 aromatic carbocycles. The number of hydrogen-bond donors (Lipinski definition) is 0. The predicted octanol–water partition coefficient (Wildman–Crippen LogP) is 3.96. The van der Waals surface area contributed by atoms with E-state index in [1.807, 2.05) is 0 Å². The Morgan fingerprint density at radius 1 is 1.36 bits per heavy atom. The van der Waals surface area contributed by atoms with Gasteiger partial charge in [-0.2, -0.15) is 0 Å². The molecule has 1 aliphatic carbocycles. The summed E-state index contributed by atoms with van der Waals surface area (Å²) in [5, 5.41) is 0. The third-order valence-corrected chi connectivity index (χ3v) is 4.12. The molecular weight excluding hydrogens is 172 g/mol. The first-order valence-electron chi connectivity index (χ1n) is 6.12. The van der Waals surface area contributed by atoms with E-state index in [0.29, 0.717) is 5.78 Å². The van der Waals surface area contributed by atoms with Crippen LogP contribution >= 0.6 is 0 Å². The average molecular weight is 196 g/mol. The molecule has 0 radical (unpaired) electrons. The number of Topliss-reactive ketones (excluding diaryl/α,β-unsaturated/α-hetero) is 1. The van der Waals surface area contributed by atoms with Crippen LogP contribution in [0.5, 0.6) is 0 Å². The minimum atomic E-state index is 0.0867. The van der Waals surface area contributed by atoms with E-state index in [9.17, 15) is 4.79 Å². The molecule has 1 unspecified atom stereocenters. The zero-order valence-corrected chi connectivity index (χ0v) is 9.94. The number of carbonyl (C=O) groups is 1. The smallest absolute Gasteiger partial charge is 0.135 e. The third-order valence-electron chi connectivity index (χ3n) is 4.12. The minimum absolute atomic E-state index is 0.0867. The summed E-state index contributed by atoms with van der Waals surface area (Å²) >= 11 is 0. The molecule has 0 spiro atoms. The van der Waals surface area contributed by atoms with Crippen molar-refractivity contribution in [3.05, 3.63) is 0 Å². The molecule has 0 N–H and O–H groups in total. The molecule has 0 amide bonds. The van der Waals surface area contributed by atoms with Crippen molar-refractivity contribution in [1.29, 1.82) is 0 Å². The van der Waals surface area contributed by atoms with E-state index in [0.717, 1.165) is 25.2 Å². The van der Waals surface area contributed by atoms with Gasteiger partial charge in [0.15, 0.2) is 0 Å². The summed E-state index contributed by atoms with van der Waals surface area (Å²) in [6, 6.07) is 0. The molecule has 0 aliphatic heterocycles. The van der Waals surface area contributed by atoms with Crippen molar-refractivity contribution in [2.75, 3.05) is 0 Å². The largest absolute Gasteiger partial charge is 0.299 e. The van der Waals surface area contributed by atoms with Gasteiger partial charge in [-0.15, -0.1) is 0 Å². The van der Waals surface area contributed by atoms with Gasteiger partial charge in [0, 0.05) is 5.41 Å². The van der Waals surface area contributed by atoms with E-state index in [1.165, 1.54) is 25.7 Å². The molecule has 1 nitrogen and oxygen atoms in total. The molecule has 0 bridgehead atoms. The summed E-state index contributed by atoms with van der Waals surface area (Å²) in [7, 11) is 0. The highest BCUT2D eigenvalue weighted by Crippen LogP contribution is 2.43. The van der Waals surface area contributed by atoms with Crippen LogP contribution in [0, 0.1) is 11.3 Å². The van der Waals surface area contributed by atoms with Crippen LogP contribution in [0.2, 0.25) is 0 Å². The Balaban J connectivity index is 2.48. The fraction of sp³-hybridized carbons (Fsp3) is 0.923. The summed E-state index contributed by atoms with van der Waals surface area (Å²) in [6.45, 7) is 6.32. The van der Waals surface area contributed by atoms with Crippen molar-refractivity contribution >= 4 is 5.78 Å². The highest BCUT2D eigenvalue weighted by Gasteiger charge is 2.37. The Morgan fingerprint density at radius 3 is 2.36 bits per heavy atom. The second-order valence-corrected chi connectivity index (χ2v) is 5.10. The maximum Gasteiger partial charge on any atom is 0.135 e. The molecule has 1 fully saturated rings. The Kier molecular flexibility index (Phi) is 4.15. The fourth-order valence-electron chi connectivity index (χ4n) is 2.56. The van der Waals surface area contributed by atoms with Crippen LogP contribution in [0.3, 0.4) is 0 Å². The summed E-state index contributed by atoms with van der Waals surface area (Å²) in [6.07, 6.45) is 8.44. The normalized spacial score (nSPS) is 22.2. The lowest BCUT2D eigenvalue weighted by molar-refractivity contribution is -0.126. The van der Waals surface area contributed by atoms with Crippen molar-refractivity contribution in [3.8, 4) is 0 Å². The molecule has 82 valence electrons. The number of ketones is 1. The third kappa shape index (κ3) is 2.59. The molecule has 0 heterocycles. The zero-order chi connectivity index (χ0) is 10.6. The summed E-state index contributed by atoms with van der Waals surface area (Å²) in [5.74, 6) is 1.23. The lowest BCUT2D eigenvalue weighted by Crippen LogP contribution is -2.26. The van der Waals surface area contributed by atoms with E-state index >= 15 is 0 Å². The van der Waals surface area contributed by atoms with Crippen molar-refractivity contribution in [3.63, 3.8) is 0 Å². The van der Waals surface area contributed by atoms with E-state index in [4.69, 9.17) is 0 Å². The fourth-order valence-corrected chi connectivity index (χ4v) is 2.56. The summed E-state index contributed by atoms with van der Waals surface area (Å²) < 4.78 is 0. The van der Waals surface area contributed by atoms with Gasteiger partial charge in [0.1, 0.15) is 5.78 Å². The minimum Gasteiger partial charge on any atom is -0.299 e. The first kappa shape index (κ1) is 11.7. The molecule has 1 saturated carbocycles. The second kappa shape index (κ2) is 4.95. The monoisotopic (exact) mass is 196 g/mol. The first-order chi connectivity index (χ1) is 6.60. The van der Waals surface area contributed by atoms with Gasteiger partial charge in [0.05, 0.1) is 0 Å². The van der Waals surface area contributed by atoms with Crippen LogP contribution in [-0.2, 0) is 4.79 Å². The molecule has 0 aromatic heterocycles. The molecule has 1 heteroatoms.